The maximum Gasteiger partial charge on any atom is 0.328 e. The van der Waals surface area contributed by atoms with Crippen molar-refractivity contribution in [3.05, 3.63) is 47.8 Å². The van der Waals surface area contributed by atoms with Gasteiger partial charge in [0.25, 0.3) is 11.1 Å². The molecule has 0 fully saturated rings. The second-order valence-corrected chi connectivity index (χ2v) is 6.17. The third kappa shape index (κ3) is 2.12. The van der Waals surface area contributed by atoms with Crippen molar-refractivity contribution in [1.29, 1.82) is 0 Å². The van der Waals surface area contributed by atoms with Crippen LogP contribution in [0.15, 0.2) is 20.6 Å². The Morgan fingerprint density at radius 1 is 1.18 bits per heavy atom. The molecule has 8 heteroatoms. The van der Waals surface area contributed by atoms with Crippen LogP contribution in [0.4, 0.5) is 0 Å². The molecule has 0 aliphatic rings. The Bertz CT molecular complexity index is 1050. The third-order valence-electron chi connectivity index (χ3n) is 3.65. The van der Waals surface area contributed by atoms with Crippen molar-refractivity contribution in [1.82, 2.24) is 19.5 Å². The summed E-state index contributed by atoms with van der Waals surface area (Å²) in [6.45, 7) is 5.99. The summed E-state index contributed by atoms with van der Waals surface area (Å²) in [5, 5.41) is 0.548. The molecular formula is C14H14N4O3S. The van der Waals surface area contributed by atoms with Crippen LogP contribution in [0.3, 0.4) is 0 Å². The second-order valence-electron chi connectivity index (χ2n) is 4.97. The van der Waals surface area contributed by atoms with Crippen LogP contribution in [0.25, 0.3) is 21.6 Å². The number of aromatic amines is 2. The van der Waals surface area contributed by atoms with Gasteiger partial charge in [0.1, 0.15) is 10.7 Å². The fraction of sp³-hybridized carbons (Fsp3) is 0.286. The Morgan fingerprint density at radius 3 is 2.59 bits per heavy atom. The van der Waals surface area contributed by atoms with Gasteiger partial charge in [-0.2, -0.15) is 0 Å². The van der Waals surface area contributed by atoms with Gasteiger partial charge < -0.3 is 9.55 Å². The summed E-state index contributed by atoms with van der Waals surface area (Å²) in [6, 6.07) is 0. The van der Waals surface area contributed by atoms with Gasteiger partial charge in [-0.1, -0.05) is 0 Å². The molecule has 0 aromatic carbocycles. The highest BCUT2D eigenvalue weighted by Crippen LogP contribution is 2.26. The van der Waals surface area contributed by atoms with Crippen LogP contribution in [0.2, 0.25) is 0 Å². The van der Waals surface area contributed by atoms with Gasteiger partial charge in [-0.3, -0.25) is 14.6 Å². The molecule has 7 nitrogen and oxygen atoms in total. The van der Waals surface area contributed by atoms with E-state index in [9.17, 15) is 14.4 Å². The number of hydrogen-bond donors (Lipinski definition) is 2. The van der Waals surface area contributed by atoms with Gasteiger partial charge in [-0.25, -0.2) is 9.78 Å². The van der Waals surface area contributed by atoms with E-state index in [0.29, 0.717) is 16.8 Å². The van der Waals surface area contributed by atoms with Crippen molar-refractivity contribution in [3.63, 3.8) is 0 Å². The molecule has 114 valence electrons. The van der Waals surface area contributed by atoms with Gasteiger partial charge in [0.2, 0.25) is 0 Å². The van der Waals surface area contributed by atoms with Gasteiger partial charge in [0.05, 0.1) is 10.9 Å². The minimum atomic E-state index is -0.567. The lowest BCUT2D eigenvalue weighted by molar-refractivity contribution is 0.694. The van der Waals surface area contributed by atoms with Crippen LogP contribution >= 0.6 is 11.3 Å². The maximum absolute atomic E-state index is 12.3. The highest BCUT2D eigenvalue weighted by atomic mass is 32.1. The highest BCUT2D eigenvalue weighted by Gasteiger charge is 2.15. The first-order valence-electron chi connectivity index (χ1n) is 6.76. The zero-order valence-corrected chi connectivity index (χ0v) is 13.1. The average molecular weight is 318 g/mol. The molecule has 3 rings (SSSR count). The lowest BCUT2D eigenvalue weighted by Crippen LogP contribution is -2.30. The Balaban J connectivity index is 2.34. The van der Waals surface area contributed by atoms with Crippen LogP contribution in [0.5, 0.6) is 0 Å². The molecule has 2 N–H and O–H groups in total. The molecule has 0 spiro atoms. The number of thiophene rings is 1. The van der Waals surface area contributed by atoms with Gasteiger partial charge in [0.15, 0.2) is 0 Å². The minimum Gasteiger partial charge on any atom is -0.306 e. The fourth-order valence-electron chi connectivity index (χ4n) is 2.30. The van der Waals surface area contributed by atoms with E-state index in [0.717, 1.165) is 10.4 Å². The second kappa shape index (κ2) is 5.06. The maximum atomic E-state index is 12.3. The van der Waals surface area contributed by atoms with E-state index < -0.39 is 11.2 Å². The first kappa shape index (κ1) is 14.5. The topological polar surface area (TPSA) is 101 Å². The Labute approximate surface area is 128 Å². The van der Waals surface area contributed by atoms with Gasteiger partial charge in [-0.15, -0.1) is 11.3 Å². The Hall–Kier alpha value is -2.48. The van der Waals surface area contributed by atoms with Crippen LogP contribution in [0.1, 0.15) is 17.4 Å². The van der Waals surface area contributed by atoms with Crippen LogP contribution in [0, 0.1) is 13.8 Å². The number of nitrogens with zero attached hydrogens (tertiary/aromatic N) is 2. The first-order valence-corrected chi connectivity index (χ1v) is 7.58. The van der Waals surface area contributed by atoms with Crippen molar-refractivity contribution in [2.24, 2.45) is 0 Å². The summed E-state index contributed by atoms with van der Waals surface area (Å²) in [5.41, 5.74) is -0.267. The smallest absolute Gasteiger partial charge is 0.306 e. The van der Waals surface area contributed by atoms with E-state index in [1.54, 1.807) is 6.92 Å². The van der Waals surface area contributed by atoms with Gasteiger partial charge >= 0.3 is 5.69 Å². The van der Waals surface area contributed by atoms with E-state index in [1.807, 2.05) is 13.8 Å². The van der Waals surface area contributed by atoms with E-state index in [-0.39, 0.29) is 16.9 Å². The minimum absolute atomic E-state index is 0.169. The van der Waals surface area contributed by atoms with E-state index in [1.165, 1.54) is 22.1 Å². The predicted octanol–water partition coefficient (Wildman–Crippen LogP) is 1.14. The lowest BCUT2D eigenvalue weighted by Gasteiger charge is -2.04. The molecule has 3 aromatic rings. The molecule has 0 bridgehead atoms. The molecule has 0 unspecified atom stereocenters. The normalized spacial score (nSPS) is 11.2. The van der Waals surface area contributed by atoms with Crippen molar-refractivity contribution < 1.29 is 0 Å². The van der Waals surface area contributed by atoms with E-state index >= 15 is 0 Å². The van der Waals surface area contributed by atoms with Gasteiger partial charge in [0, 0.05) is 17.6 Å². The molecule has 0 radical (unpaired) electrons. The number of fused-ring (bicyclic) bond motifs is 1. The largest absolute Gasteiger partial charge is 0.328 e. The highest BCUT2D eigenvalue weighted by molar-refractivity contribution is 7.18. The first-order chi connectivity index (χ1) is 10.4. The zero-order chi connectivity index (χ0) is 16.0. The number of aryl methyl sites for hydroxylation is 3. The Kier molecular flexibility index (Phi) is 3.32. The molecule has 0 atom stereocenters. The number of nitrogens with one attached hydrogen (secondary N) is 2. The standard InChI is InChI=1S/C14H14N4O3S/c1-4-18-5-8(11(19)17-14(18)21)10-15-12(20)9-6(2)7(3)22-13(9)16-10/h5H,4H2,1-3H3,(H,15,16,20)(H,17,19,21). The molecule has 0 aliphatic carbocycles. The average Bonchev–Trinajstić information content (AvgIpc) is 2.74. The summed E-state index contributed by atoms with van der Waals surface area (Å²) in [4.78, 5) is 46.7. The van der Waals surface area contributed by atoms with Crippen molar-refractivity contribution in [2.45, 2.75) is 27.3 Å². The zero-order valence-electron chi connectivity index (χ0n) is 12.3. The summed E-state index contributed by atoms with van der Waals surface area (Å²) in [5.74, 6) is 0.169. The van der Waals surface area contributed by atoms with Crippen molar-refractivity contribution in [3.8, 4) is 11.4 Å². The monoisotopic (exact) mass is 318 g/mol. The van der Waals surface area contributed by atoms with E-state index in [4.69, 9.17) is 0 Å². The molecule has 0 amide bonds. The van der Waals surface area contributed by atoms with Gasteiger partial charge in [-0.05, 0) is 26.3 Å². The summed E-state index contributed by atoms with van der Waals surface area (Å²) in [7, 11) is 0. The Morgan fingerprint density at radius 2 is 1.91 bits per heavy atom. The molecule has 22 heavy (non-hydrogen) atoms. The lowest BCUT2D eigenvalue weighted by atomic mass is 10.2. The fourth-order valence-corrected chi connectivity index (χ4v) is 3.33. The summed E-state index contributed by atoms with van der Waals surface area (Å²) < 4.78 is 1.35. The van der Waals surface area contributed by atoms with Crippen LogP contribution in [-0.4, -0.2) is 19.5 Å². The van der Waals surface area contributed by atoms with E-state index in [2.05, 4.69) is 15.0 Å². The number of aromatic nitrogens is 4. The molecule has 0 saturated carbocycles. The predicted molar refractivity (Wildman–Crippen MR) is 85.7 cm³/mol. The molecule has 0 saturated heterocycles. The molecule has 0 aliphatic heterocycles. The summed E-state index contributed by atoms with van der Waals surface area (Å²) >= 11 is 1.41. The number of hydrogen-bond acceptors (Lipinski definition) is 5. The third-order valence-corrected chi connectivity index (χ3v) is 4.75. The quantitative estimate of drug-likeness (QED) is 0.740. The van der Waals surface area contributed by atoms with Crippen LogP contribution < -0.4 is 16.8 Å². The molecule has 3 heterocycles. The molecule has 3 aromatic heterocycles. The number of rotatable bonds is 2. The number of H-pyrrole nitrogens is 2. The summed E-state index contributed by atoms with van der Waals surface area (Å²) in [6.07, 6.45) is 1.42. The SMILES string of the molecule is CCn1cc(-c2nc3sc(C)c(C)c3c(=O)[nH]2)c(=O)[nH]c1=O. The molecular weight excluding hydrogens is 304 g/mol. The van der Waals surface area contributed by atoms with Crippen molar-refractivity contribution >= 4 is 21.6 Å². The van der Waals surface area contributed by atoms with Crippen LogP contribution in [-0.2, 0) is 6.54 Å². The van der Waals surface area contributed by atoms with Crippen molar-refractivity contribution in [2.75, 3.05) is 0 Å².